The third kappa shape index (κ3) is 1.49. The molecular formula is C10H21NO2. The SMILES string of the molecule is CCC(O)C1(CN)CCOC1(C)C. The molecule has 1 aliphatic heterocycles. The van der Waals surface area contributed by atoms with Gasteiger partial charge < -0.3 is 15.6 Å². The van der Waals surface area contributed by atoms with Gasteiger partial charge in [-0.15, -0.1) is 0 Å². The Hall–Kier alpha value is -0.120. The van der Waals surface area contributed by atoms with Gasteiger partial charge in [-0.1, -0.05) is 6.92 Å². The molecule has 0 bridgehead atoms. The molecule has 13 heavy (non-hydrogen) atoms. The maximum Gasteiger partial charge on any atom is 0.0720 e. The van der Waals surface area contributed by atoms with Crippen LogP contribution in [0.15, 0.2) is 0 Å². The maximum atomic E-state index is 9.98. The second-order valence-electron chi connectivity index (χ2n) is 4.39. The van der Waals surface area contributed by atoms with Crippen LogP contribution in [-0.2, 0) is 4.74 Å². The molecule has 78 valence electrons. The lowest BCUT2D eigenvalue weighted by atomic mass is 9.68. The highest BCUT2D eigenvalue weighted by Gasteiger charge is 2.53. The van der Waals surface area contributed by atoms with Crippen molar-refractivity contribution >= 4 is 0 Å². The Labute approximate surface area is 80.3 Å². The van der Waals surface area contributed by atoms with Crippen molar-refractivity contribution in [3.63, 3.8) is 0 Å². The number of aliphatic hydroxyl groups excluding tert-OH is 1. The Morgan fingerprint density at radius 1 is 1.54 bits per heavy atom. The Kier molecular flexibility index (Phi) is 3.00. The van der Waals surface area contributed by atoms with Gasteiger partial charge in [-0.05, 0) is 26.7 Å². The molecule has 1 heterocycles. The number of hydrogen-bond acceptors (Lipinski definition) is 3. The summed E-state index contributed by atoms with van der Waals surface area (Å²) in [5.41, 5.74) is 5.24. The van der Waals surface area contributed by atoms with Crippen molar-refractivity contribution in [2.24, 2.45) is 11.1 Å². The van der Waals surface area contributed by atoms with Crippen LogP contribution in [0.3, 0.4) is 0 Å². The number of ether oxygens (including phenoxy) is 1. The van der Waals surface area contributed by atoms with Crippen molar-refractivity contribution in [1.29, 1.82) is 0 Å². The Morgan fingerprint density at radius 2 is 2.15 bits per heavy atom. The first kappa shape index (κ1) is 11.0. The Balaban J connectivity index is 2.91. The average molecular weight is 187 g/mol. The molecule has 0 amide bonds. The second-order valence-corrected chi connectivity index (χ2v) is 4.39. The lowest BCUT2D eigenvalue weighted by Crippen LogP contribution is -2.53. The molecule has 2 atom stereocenters. The van der Waals surface area contributed by atoms with Gasteiger partial charge in [0.1, 0.15) is 0 Å². The predicted molar refractivity (Wildman–Crippen MR) is 52.4 cm³/mol. The van der Waals surface area contributed by atoms with Crippen molar-refractivity contribution in [2.75, 3.05) is 13.2 Å². The molecule has 3 nitrogen and oxygen atoms in total. The standard InChI is InChI=1S/C10H21NO2/c1-4-8(12)10(7-11)5-6-13-9(10,2)3/h8,12H,4-7,11H2,1-3H3. The van der Waals surface area contributed by atoms with Gasteiger partial charge in [0, 0.05) is 18.6 Å². The fourth-order valence-corrected chi connectivity index (χ4v) is 2.38. The van der Waals surface area contributed by atoms with Gasteiger partial charge in [-0.3, -0.25) is 0 Å². The van der Waals surface area contributed by atoms with Crippen molar-refractivity contribution in [2.45, 2.75) is 45.3 Å². The van der Waals surface area contributed by atoms with Gasteiger partial charge >= 0.3 is 0 Å². The van der Waals surface area contributed by atoms with Crippen LogP contribution in [-0.4, -0.2) is 30.0 Å². The summed E-state index contributed by atoms with van der Waals surface area (Å²) in [4.78, 5) is 0. The molecule has 0 radical (unpaired) electrons. The highest BCUT2D eigenvalue weighted by atomic mass is 16.5. The van der Waals surface area contributed by atoms with Crippen molar-refractivity contribution < 1.29 is 9.84 Å². The first-order valence-corrected chi connectivity index (χ1v) is 5.02. The molecule has 1 aliphatic rings. The molecule has 1 fully saturated rings. The van der Waals surface area contributed by atoms with E-state index in [1.54, 1.807) is 0 Å². The van der Waals surface area contributed by atoms with E-state index in [1.807, 2.05) is 20.8 Å². The van der Waals surface area contributed by atoms with Crippen LogP contribution in [0.5, 0.6) is 0 Å². The van der Waals surface area contributed by atoms with Gasteiger partial charge in [0.2, 0.25) is 0 Å². The smallest absolute Gasteiger partial charge is 0.0720 e. The van der Waals surface area contributed by atoms with Crippen LogP contribution in [0, 0.1) is 5.41 Å². The fraction of sp³-hybridized carbons (Fsp3) is 1.00. The van der Waals surface area contributed by atoms with E-state index in [4.69, 9.17) is 10.5 Å². The highest BCUT2D eigenvalue weighted by molar-refractivity contribution is 5.03. The zero-order valence-corrected chi connectivity index (χ0v) is 8.84. The summed E-state index contributed by atoms with van der Waals surface area (Å²) in [7, 11) is 0. The summed E-state index contributed by atoms with van der Waals surface area (Å²) in [6.45, 7) is 7.23. The van der Waals surface area contributed by atoms with Gasteiger partial charge in [0.05, 0.1) is 11.7 Å². The lowest BCUT2D eigenvalue weighted by molar-refractivity contribution is -0.0887. The summed E-state index contributed by atoms with van der Waals surface area (Å²) in [5, 5.41) is 9.98. The maximum absolute atomic E-state index is 9.98. The normalized spacial score (nSPS) is 34.8. The molecule has 0 aromatic heterocycles. The molecular weight excluding hydrogens is 166 g/mol. The zero-order valence-electron chi connectivity index (χ0n) is 8.84. The van der Waals surface area contributed by atoms with E-state index in [0.717, 1.165) is 12.8 Å². The van der Waals surface area contributed by atoms with Crippen LogP contribution in [0.4, 0.5) is 0 Å². The van der Waals surface area contributed by atoms with E-state index in [9.17, 15) is 5.11 Å². The molecule has 3 heteroatoms. The number of nitrogens with two attached hydrogens (primary N) is 1. The van der Waals surface area contributed by atoms with E-state index in [-0.39, 0.29) is 17.1 Å². The predicted octanol–water partition coefficient (Wildman–Crippen LogP) is 0.901. The Morgan fingerprint density at radius 3 is 2.46 bits per heavy atom. The topological polar surface area (TPSA) is 55.5 Å². The summed E-state index contributed by atoms with van der Waals surface area (Å²) >= 11 is 0. The number of rotatable bonds is 3. The first-order valence-electron chi connectivity index (χ1n) is 5.02. The second kappa shape index (κ2) is 3.56. The molecule has 0 aromatic carbocycles. The van der Waals surface area contributed by atoms with Crippen LogP contribution >= 0.6 is 0 Å². The highest BCUT2D eigenvalue weighted by Crippen LogP contribution is 2.46. The summed E-state index contributed by atoms with van der Waals surface area (Å²) in [5.74, 6) is 0. The molecule has 0 aromatic rings. The lowest BCUT2D eigenvalue weighted by Gasteiger charge is -2.42. The zero-order chi connectivity index (χ0) is 10.1. The number of aliphatic hydroxyl groups is 1. The van der Waals surface area contributed by atoms with Crippen LogP contribution in [0.2, 0.25) is 0 Å². The Bertz CT molecular complexity index is 182. The van der Waals surface area contributed by atoms with Crippen molar-refractivity contribution in [3.05, 3.63) is 0 Å². The van der Waals surface area contributed by atoms with Gasteiger partial charge in [-0.2, -0.15) is 0 Å². The monoisotopic (exact) mass is 187 g/mol. The molecule has 0 aliphatic carbocycles. The van der Waals surface area contributed by atoms with Gasteiger partial charge in [0.15, 0.2) is 0 Å². The van der Waals surface area contributed by atoms with Crippen molar-refractivity contribution in [3.8, 4) is 0 Å². The average Bonchev–Trinajstić information content (AvgIpc) is 2.40. The van der Waals surface area contributed by atoms with Gasteiger partial charge in [-0.25, -0.2) is 0 Å². The fourth-order valence-electron chi connectivity index (χ4n) is 2.38. The van der Waals surface area contributed by atoms with E-state index in [0.29, 0.717) is 13.2 Å². The third-order valence-electron chi connectivity index (χ3n) is 3.60. The summed E-state index contributed by atoms with van der Waals surface area (Å²) in [6.07, 6.45) is 1.25. The largest absolute Gasteiger partial charge is 0.392 e. The summed E-state index contributed by atoms with van der Waals surface area (Å²) < 4.78 is 5.63. The minimum Gasteiger partial charge on any atom is -0.392 e. The van der Waals surface area contributed by atoms with E-state index in [2.05, 4.69) is 0 Å². The minimum atomic E-state index is -0.352. The summed E-state index contributed by atoms with van der Waals surface area (Å²) in [6, 6.07) is 0. The van der Waals surface area contributed by atoms with Crippen molar-refractivity contribution in [1.82, 2.24) is 0 Å². The van der Waals surface area contributed by atoms with Crippen LogP contribution < -0.4 is 5.73 Å². The molecule has 0 spiro atoms. The quantitative estimate of drug-likeness (QED) is 0.690. The van der Waals surface area contributed by atoms with Gasteiger partial charge in [0.25, 0.3) is 0 Å². The third-order valence-corrected chi connectivity index (χ3v) is 3.60. The number of hydrogen-bond donors (Lipinski definition) is 2. The van der Waals surface area contributed by atoms with E-state index >= 15 is 0 Å². The molecule has 1 rings (SSSR count). The van der Waals surface area contributed by atoms with E-state index in [1.165, 1.54) is 0 Å². The molecule has 0 saturated carbocycles. The van der Waals surface area contributed by atoms with E-state index < -0.39 is 0 Å². The molecule has 1 saturated heterocycles. The first-order chi connectivity index (χ1) is 6.00. The minimum absolute atomic E-state index is 0.248. The molecule has 3 N–H and O–H groups in total. The van der Waals surface area contributed by atoms with Crippen LogP contribution in [0.25, 0.3) is 0 Å². The van der Waals surface area contributed by atoms with Crippen LogP contribution in [0.1, 0.15) is 33.6 Å². The molecule has 2 unspecified atom stereocenters.